The number of benzene rings is 4. The van der Waals surface area contributed by atoms with Crippen molar-refractivity contribution in [1.29, 1.82) is 0 Å². The zero-order valence-corrected chi connectivity index (χ0v) is 31.7. The molecule has 4 heterocycles. The van der Waals surface area contributed by atoms with Crippen molar-refractivity contribution in [3.05, 3.63) is 154 Å². The highest BCUT2D eigenvalue weighted by Crippen LogP contribution is 2.46. The van der Waals surface area contributed by atoms with Crippen molar-refractivity contribution in [1.82, 2.24) is 20.2 Å². The molecule has 270 valence electrons. The Labute approximate surface area is 326 Å². The number of thiazole rings is 2. The van der Waals surface area contributed by atoms with Gasteiger partial charge in [-0.05, 0) is 28.8 Å². The lowest BCUT2D eigenvalue weighted by Gasteiger charge is -2.49. The Morgan fingerprint density at radius 3 is 2.11 bits per heavy atom. The number of carbonyl (C=O) groups excluding carboxylic acids is 2. The SMILES string of the molecule is CO/N=C(\C(=O)NC1C(=O)N2C(C(=O)O)=C(Sc3nc4ccccc4s3)CS[C@H]12)c1csc(NC(c2ccccc2)(c2ccccc2)c2ccccc2)n1. The summed E-state index contributed by atoms with van der Waals surface area (Å²) in [5, 5.41) is 22.3. The minimum absolute atomic E-state index is 0.0989. The van der Waals surface area contributed by atoms with Gasteiger partial charge in [-0.1, -0.05) is 120 Å². The topological polar surface area (TPSA) is 146 Å². The van der Waals surface area contributed by atoms with E-state index >= 15 is 0 Å². The Balaban J connectivity index is 1.04. The molecule has 0 saturated carbocycles. The lowest BCUT2D eigenvalue weighted by molar-refractivity contribution is -0.150. The van der Waals surface area contributed by atoms with Crippen molar-refractivity contribution in [3.63, 3.8) is 0 Å². The van der Waals surface area contributed by atoms with Crippen LogP contribution in [0.2, 0.25) is 0 Å². The molecule has 3 N–H and O–H groups in total. The lowest BCUT2D eigenvalue weighted by atomic mass is 9.77. The van der Waals surface area contributed by atoms with E-state index in [1.165, 1.54) is 58.2 Å². The van der Waals surface area contributed by atoms with Gasteiger partial charge < -0.3 is 20.6 Å². The quantitative estimate of drug-likeness (QED) is 0.0513. The average molecular weight is 791 g/mol. The van der Waals surface area contributed by atoms with Gasteiger partial charge in [-0.25, -0.2) is 14.8 Å². The van der Waals surface area contributed by atoms with Crippen LogP contribution < -0.4 is 10.6 Å². The van der Waals surface area contributed by atoms with Crippen LogP contribution in [0.4, 0.5) is 5.13 Å². The number of nitrogens with one attached hydrogen (secondary N) is 2. The maximum atomic E-state index is 13.8. The number of carbonyl (C=O) groups is 3. The number of para-hydroxylation sites is 1. The van der Waals surface area contributed by atoms with Gasteiger partial charge in [0, 0.05) is 16.0 Å². The van der Waals surface area contributed by atoms with E-state index in [-0.39, 0.29) is 17.1 Å². The smallest absolute Gasteiger partial charge is 0.353 e. The van der Waals surface area contributed by atoms with Crippen molar-refractivity contribution < 1.29 is 24.3 Å². The second kappa shape index (κ2) is 15.1. The molecule has 1 fully saturated rings. The molecule has 15 heteroatoms. The van der Waals surface area contributed by atoms with Gasteiger partial charge >= 0.3 is 5.97 Å². The van der Waals surface area contributed by atoms with E-state index in [1.807, 2.05) is 78.9 Å². The Morgan fingerprint density at radius 1 is 0.907 bits per heavy atom. The van der Waals surface area contributed by atoms with E-state index < -0.39 is 34.7 Å². The van der Waals surface area contributed by atoms with Gasteiger partial charge in [-0.3, -0.25) is 14.5 Å². The number of β-lactam (4-membered cyclic amide) rings is 1. The summed E-state index contributed by atoms with van der Waals surface area (Å²) in [6, 6.07) is 36.9. The maximum Gasteiger partial charge on any atom is 0.353 e. The van der Waals surface area contributed by atoms with Gasteiger partial charge in [0.1, 0.15) is 35.5 Å². The van der Waals surface area contributed by atoms with Crippen LogP contribution >= 0.6 is 46.2 Å². The summed E-state index contributed by atoms with van der Waals surface area (Å²) in [5.41, 5.74) is 2.94. The number of carboxylic acid groups (broad SMARTS) is 1. The van der Waals surface area contributed by atoms with Gasteiger partial charge in [0.15, 0.2) is 15.2 Å². The van der Waals surface area contributed by atoms with Crippen LogP contribution in [0.1, 0.15) is 22.4 Å². The van der Waals surface area contributed by atoms with E-state index in [0.29, 0.717) is 20.1 Å². The van der Waals surface area contributed by atoms with Crippen LogP contribution in [-0.2, 0) is 24.8 Å². The third-order valence-corrected chi connectivity index (χ3v) is 13.4. The predicted octanol–water partition coefficient (Wildman–Crippen LogP) is 7.00. The lowest BCUT2D eigenvalue weighted by Crippen LogP contribution is -2.71. The summed E-state index contributed by atoms with van der Waals surface area (Å²) in [6.07, 6.45) is 0. The Morgan fingerprint density at radius 2 is 1.52 bits per heavy atom. The second-order valence-electron chi connectivity index (χ2n) is 12.1. The molecule has 1 saturated heterocycles. The van der Waals surface area contributed by atoms with Gasteiger partial charge in [0.2, 0.25) is 0 Å². The zero-order valence-electron chi connectivity index (χ0n) is 28.4. The first-order valence-electron chi connectivity index (χ1n) is 16.6. The fourth-order valence-corrected chi connectivity index (χ4v) is 11.0. The number of aromatic nitrogens is 2. The number of anilines is 1. The summed E-state index contributed by atoms with van der Waals surface area (Å²) >= 11 is 5.39. The fourth-order valence-electron chi connectivity index (χ4n) is 6.56. The highest BCUT2D eigenvalue weighted by molar-refractivity contribution is 8.07. The molecule has 2 aliphatic rings. The highest BCUT2D eigenvalue weighted by Gasteiger charge is 2.54. The van der Waals surface area contributed by atoms with Crippen LogP contribution in [0.15, 0.2) is 141 Å². The number of nitrogens with zero attached hydrogens (tertiary/aromatic N) is 4. The summed E-state index contributed by atoms with van der Waals surface area (Å²) in [6.45, 7) is 0. The molecule has 1 unspecified atom stereocenters. The predicted molar refractivity (Wildman–Crippen MR) is 214 cm³/mol. The standard InChI is InChI=1S/C39H30N6O5S4/c1-50-44-30(27-21-52-37(40-27)43-39(23-13-5-2-6-14-23,24-15-7-3-8-16-24)25-17-9-4-10-18-25)33(46)42-31-34(47)45-32(36(48)49)29(22-51-35(31)45)54-38-41-26-19-11-12-20-28(26)53-38/h2-21,31,35H,22H2,1H3,(H,40,43)(H,42,46)(H,48,49)/b44-30-/t31?,35-/m1/s1. The molecule has 8 rings (SSSR count). The molecule has 2 atom stereocenters. The molecule has 0 radical (unpaired) electrons. The van der Waals surface area contributed by atoms with E-state index in [9.17, 15) is 19.5 Å². The number of rotatable bonds is 12. The zero-order chi connectivity index (χ0) is 37.2. The van der Waals surface area contributed by atoms with Crippen LogP contribution in [0.5, 0.6) is 0 Å². The normalized spacial score (nSPS) is 17.2. The van der Waals surface area contributed by atoms with Gasteiger partial charge in [-0.15, -0.1) is 34.4 Å². The van der Waals surface area contributed by atoms with E-state index in [2.05, 4.69) is 57.2 Å². The molecule has 0 aliphatic carbocycles. The Hall–Kier alpha value is -5.48. The van der Waals surface area contributed by atoms with Crippen molar-refractivity contribution in [2.45, 2.75) is 21.3 Å². The first kappa shape index (κ1) is 35.5. The molecular formula is C39H30N6O5S4. The number of hydrogen-bond acceptors (Lipinski definition) is 12. The summed E-state index contributed by atoms with van der Waals surface area (Å²) in [4.78, 5) is 56.2. The number of thioether (sulfide) groups is 2. The molecule has 11 nitrogen and oxygen atoms in total. The number of aliphatic carboxylic acids is 1. The minimum atomic E-state index is -1.22. The monoisotopic (exact) mass is 790 g/mol. The van der Waals surface area contributed by atoms with Crippen LogP contribution in [-0.4, -0.2) is 67.7 Å². The summed E-state index contributed by atoms with van der Waals surface area (Å²) in [7, 11) is 1.33. The van der Waals surface area contributed by atoms with Crippen molar-refractivity contribution in [2.24, 2.45) is 5.16 Å². The molecular weight excluding hydrogens is 761 g/mol. The van der Waals surface area contributed by atoms with Crippen LogP contribution in [0, 0.1) is 0 Å². The first-order valence-corrected chi connectivity index (χ1v) is 20.2. The largest absolute Gasteiger partial charge is 0.477 e. The third kappa shape index (κ3) is 6.53. The fraction of sp³-hybridized carbons (Fsp3) is 0.128. The third-order valence-electron chi connectivity index (χ3n) is 8.97. The number of amides is 2. The van der Waals surface area contributed by atoms with Crippen LogP contribution in [0.3, 0.4) is 0 Å². The van der Waals surface area contributed by atoms with E-state index in [1.54, 1.807) is 5.38 Å². The first-order chi connectivity index (χ1) is 26.4. The van der Waals surface area contributed by atoms with E-state index in [0.717, 1.165) is 26.9 Å². The molecule has 54 heavy (non-hydrogen) atoms. The van der Waals surface area contributed by atoms with Gasteiger partial charge in [-0.2, -0.15) is 0 Å². The molecule has 2 aromatic heterocycles. The number of fused-ring (bicyclic) bond motifs is 2. The second-order valence-corrected chi connectivity index (χ2v) is 16.5. The average Bonchev–Trinajstić information content (AvgIpc) is 3.85. The molecule has 2 aliphatic heterocycles. The molecule has 2 amide bonds. The van der Waals surface area contributed by atoms with Crippen molar-refractivity contribution in [3.8, 4) is 0 Å². The molecule has 0 spiro atoms. The number of carboxylic acids is 1. The van der Waals surface area contributed by atoms with E-state index in [4.69, 9.17) is 9.82 Å². The maximum absolute atomic E-state index is 13.8. The van der Waals surface area contributed by atoms with Crippen molar-refractivity contribution >= 4 is 85.0 Å². The minimum Gasteiger partial charge on any atom is -0.477 e. The van der Waals surface area contributed by atoms with Gasteiger partial charge in [0.05, 0.1) is 10.2 Å². The number of oxime groups is 1. The van der Waals surface area contributed by atoms with Crippen molar-refractivity contribution in [2.75, 3.05) is 18.2 Å². The highest BCUT2D eigenvalue weighted by atomic mass is 32.2. The molecule has 4 aromatic carbocycles. The number of hydrogen-bond donors (Lipinski definition) is 3. The van der Waals surface area contributed by atoms with Gasteiger partial charge in [0.25, 0.3) is 11.8 Å². The Bertz CT molecular complexity index is 2290. The van der Waals surface area contributed by atoms with Crippen LogP contribution in [0.25, 0.3) is 10.2 Å². The Kier molecular flexibility index (Phi) is 9.94. The molecule has 0 bridgehead atoms. The summed E-state index contributed by atoms with van der Waals surface area (Å²) in [5.74, 6) is -2.10. The molecule has 6 aromatic rings. The summed E-state index contributed by atoms with van der Waals surface area (Å²) < 4.78 is 1.67.